The predicted molar refractivity (Wildman–Crippen MR) is 82.9 cm³/mol. The molecular formula is C14H7BrFN3O5. The first kappa shape index (κ1) is 15.9. The number of hydrogen-bond acceptors (Lipinski definition) is 5. The number of carboxylic acids is 1. The number of nitrogens with zero attached hydrogens (tertiary/aromatic N) is 1. The molecule has 8 nitrogen and oxygen atoms in total. The van der Waals surface area contributed by atoms with Gasteiger partial charge in [0.1, 0.15) is 22.9 Å². The Balaban J connectivity index is 2.47. The molecule has 0 atom stereocenters. The van der Waals surface area contributed by atoms with Crippen molar-refractivity contribution in [3.05, 3.63) is 55.5 Å². The van der Waals surface area contributed by atoms with Crippen LogP contribution in [0.2, 0.25) is 0 Å². The Labute approximate surface area is 140 Å². The molecule has 2 aromatic rings. The molecule has 0 bridgehead atoms. The number of aromatic carboxylic acids is 1. The molecule has 2 amide bonds. The average molecular weight is 396 g/mol. The van der Waals surface area contributed by atoms with Crippen molar-refractivity contribution in [3.8, 4) is 5.69 Å². The van der Waals surface area contributed by atoms with Gasteiger partial charge < -0.3 is 10.8 Å². The normalized spacial score (nSPS) is 12.9. The van der Waals surface area contributed by atoms with Gasteiger partial charge in [-0.2, -0.15) is 0 Å². The number of carboxylic acid groups (broad SMARTS) is 1. The highest BCUT2D eigenvalue weighted by molar-refractivity contribution is 9.10. The summed E-state index contributed by atoms with van der Waals surface area (Å²) in [5, 5.41) is 11.3. The molecule has 1 aromatic heterocycles. The zero-order chi connectivity index (χ0) is 17.8. The van der Waals surface area contributed by atoms with Crippen LogP contribution in [0.1, 0.15) is 31.1 Å². The first-order valence-electron chi connectivity index (χ1n) is 6.37. The molecule has 4 N–H and O–H groups in total. The number of fused-ring (bicyclic) bond motifs is 1. The van der Waals surface area contributed by atoms with E-state index in [4.69, 9.17) is 5.73 Å². The number of anilines is 1. The lowest BCUT2D eigenvalue weighted by Gasteiger charge is -2.15. The highest BCUT2D eigenvalue weighted by Crippen LogP contribution is 2.30. The average Bonchev–Trinajstić information content (AvgIpc) is 2.76. The standard InChI is InChI=1S/C14H7BrFN3O5/c15-5-1-2-6(16)10(9(5)14(23)24)19-7(20)3-4-8(11(19)17)13(22)18-12(4)21/h1-3H,17H2,(H,23,24)(H,18,21,22). The quantitative estimate of drug-likeness (QED) is 0.647. The van der Waals surface area contributed by atoms with Gasteiger partial charge in [0.25, 0.3) is 17.4 Å². The molecule has 1 aliphatic rings. The van der Waals surface area contributed by atoms with Gasteiger partial charge in [0.05, 0.1) is 11.1 Å². The Morgan fingerprint density at radius 2 is 1.92 bits per heavy atom. The number of rotatable bonds is 2. The third-order valence-electron chi connectivity index (χ3n) is 3.47. The lowest BCUT2D eigenvalue weighted by molar-refractivity contribution is 0.0694. The summed E-state index contributed by atoms with van der Waals surface area (Å²) in [7, 11) is 0. The van der Waals surface area contributed by atoms with Crippen LogP contribution in [0.4, 0.5) is 10.2 Å². The van der Waals surface area contributed by atoms with Crippen LogP contribution in [0.5, 0.6) is 0 Å². The van der Waals surface area contributed by atoms with E-state index in [9.17, 15) is 28.7 Å². The lowest BCUT2D eigenvalue weighted by Crippen LogP contribution is -2.26. The van der Waals surface area contributed by atoms with Gasteiger partial charge in [-0.05, 0) is 28.1 Å². The fourth-order valence-electron chi connectivity index (χ4n) is 2.47. The minimum absolute atomic E-state index is 0.0127. The van der Waals surface area contributed by atoms with Gasteiger partial charge in [-0.15, -0.1) is 0 Å². The van der Waals surface area contributed by atoms with E-state index < -0.39 is 46.2 Å². The number of carbonyl (C=O) groups is 3. The number of amides is 2. The minimum atomic E-state index is -1.51. The van der Waals surface area contributed by atoms with E-state index in [-0.39, 0.29) is 15.6 Å². The maximum Gasteiger partial charge on any atom is 0.339 e. The Hall–Kier alpha value is -3.01. The largest absolute Gasteiger partial charge is 0.478 e. The fourth-order valence-corrected chi connectivity index (χ4v) is 2.96. The summed E-state index contributed by atoms with van der Waals surface area (Å²) in [5.41, 5.74) is 3.10. The van der Waals surface area contributed by atoms with Gasteiger partial charge in [-0.1, -0.05) is 0 Å². The smallest absolute Gasteiger partial charge is 0.339 e. The van der Waals surface area contributed by atoms with Crippen LogP contribution in [0.3, 0.4) is 0 Å². The minimum Gasteiger partial charge on any atom is -0.478 e. The molecule has 0 unspecified atom stereocenters. The zero-order valence-corrected chi connectivity index (χ0v) is 13.2. The number of nitrogen functional groups attached to an aromatic ring is 1. The van der Waals surface area contributed by atoms with E-state index in [0.717, 1.165) is 18.2 Å². The number of carbonyl (C=O) groups excluding carboxylic acids is 2. The molecule has 122 valence electrons. The molecule has 10 heteroatoms. The molecule has 1 aliphatic heterocycles. The molecule has 0 saturated heterocycles. The van der Waals surface area contributed by atoms with Crippen molar-refractivity contribution >= 4 is 39.5 Å². The van der Waals surface area contributed by atoms with Crippen LogP contribution in [0, 0.1) is 5.82 Å². The topological polar surface area (TPSA) is 131 Å². The number of halogens is 2. The highest BCUT2D eigenvalue weighted by Gasteiger charge is 2.33. The molecule has 24 heavy (non-hydrogen) atoms. The summed E-state index contributed by atoms with van der Waals surface area (Å²) in [6, 6.07) is 2.90. The summed E-state index contributed by atoms with van der Waals surface area (Å²) >= 11 is 2.98. The second kappa shape index (κ2) is 5.27. The number of benzene rings is 1. The van der Waals surface area contributed by atoms with E-state index in [1.807, 2.05) is 5.32 Å². The van der Waals surface area contributed by atoms with Gasteiger partial charge in [0.2, 0.25) is 0 Å². The number of nitrogens with one attached hydrogen (secondary N) is 1. The molecule has 1 aromatic carbocycles. The van der Waals surface area contributed by atoms with E-state index >= 15 is 0 Å². The van der Waals surface area contributed by atoms with E-state index in [2.05, 4.69) is 15.9 Å². The molecular weight excluding hydrogens is 389 g/mol. The molecule has 0 spiro atoms. The van der Waals surface area contributed by atoms with Crippen LogP contribution in [0.15, 0.2) is 27.5 Å². The third kappa shape index (κ3) is 2.11. The fraction of sp³-hybridized carbons (Fsp3) is 0. The van der Waals surface area contributed by atoms with Crippen LogP contribution >= 0.6 is 15.9 Å². The van der Waals surface area contributed by atoms with Crippen LogP contribution < -0.4 is 16.6 Å². The van der Waals surface area contributed by atoms with Gasteiger partial charge in [0, 0.05) is 10.5 Å². The van der Waals surface area contributed by atoms with E-state index in [0.29, 0.717) is 4.57 Å². The number of aromatic nitrogens is 1. The first-order chi connectivity index (χ1) is 11.2. The first-order valence-corrected chi connectivity index (χ1v) is 7.16. The van der Waals surface area contributed by atoms with Crippen molar-refractivity contribution in [1.82, 2.24) is 9.88 Å². The summed E-state index contributed by atoms with van der Waals surface area (Å²) < 4.78 is 14.9. The molecule has 0 fully saturated rings. The Kier molecular flexibility index (Phi) is 3.48. The van der Waals surface area contributed by atoms with Crippen molar-refractivity contribution in [3.63, 3.8) is 0 Å². The van der Waals surface area contributed by atoms with Crippen molar-refractivity contribution in [2.75, 3.05) is 5.73 Å². The van der Waals surface area contributed by atoms with Gasteiger partial charge in [0.15, 0.2) is 0 Å². The summed E-state index contributed by atoms with van der Waals surface area (Å²) in [6.45, 7) is 0. The van der Waals surface area contributed by atoms with E-state index in [1.54, 1.807) is 0 Å². The van der Waals surface area contributed by atoms with Crippen molar-refractivity contribution in [1.29, 1.82) is 0 Å². The van der Waals surface area contributed by atoms with E-state index in [1.165, 1.54) is 0 Å². The molecule has 0 saturated carbocycles. The monoisotopic (exact) mass is 395 g/mol. The van der Waals surface area contributed by atoms with Gasteiger partial charge >= 0.3 is 5.97 Å². The second-order valence-electron chi connectivity index (χ2n) is 4.83. The highest BCUT2D eigenvalue weighted by atomic mass is 79.9. The maximum atomic E-state index is 14.3. The number of pyridine rings is 1. The second-order valence-corrected chi connectivity index (χ2v) is 5.69. The summed E-state index contributed by atoms with van der Waals surface area (Å²) in [6.07, 6.45) is 0. The SMILES string of the molecule is Nc1c2c(cc(=O)n1-c1c(F)ccc(Br)c1C(=O)O)C(=O)NC2=O. The van der Waals surface area contributed by atoms with Crippen LogP contribution in [0.25, 0.3) is 5.69 Å². The van der Waals surface area contributed by atoms with Crippen molar-refractivity contribution in [2.24, 2.45) is 0 Å². The molecule has 0 aliphatic carbocycles. The Morgan fingerprint density at radius 3 is 2.54 bits per heavy atom. The number of imide groups is 1. The predicted octanol–water partition coefficient (Wildman–Crippen LogP) is 0.903. The molecule has 0 radical (unpaired) electrons. The van der Waals surface area contributed by atoms with Gasteiger partial charge in [-0.25, -0.2) is 9.18 Å². The Morgan fingerprint density at radius 1 is 1.25 bits per heavy atom. The molecule has 2 heterocycles. The third-order valence-corrected chi connectivity index (χ3v) is 4.13. The number of hydrogen-bond donors (Lipinski definition) is 3. The van der Waals surface area contributed by atoms with Gasteiger partial charge in [-0.3, -0.25) is 24.3 Å². The Bertz CT molecular complexity index is 1010. The van der Waals surface area contributed by atoms with Crippen molar-refractivity contribution < 1.29 is 23.9 Å². The van der Waals surface area contributed by atoms with Crippen LogP contribution in [-0.2, 0) is 0 Å². The summed E-state index contributed by atoms with van der Waals surface area (Å²) in [5.74, 6) is -4.73. The molecule has 3 rings (SSSR count). The maximum absolute atomic E-state index is 14.3. The zero-order valence-electron chi connectivity index (χ0n) is 11.6. The number of nitrogens with two attached hydrogens (primary N) is 1. The lowest BCUT2D eigenvalue weighted by atomic mass is 10.1. The van der Waals surface area contributed by atoms with Crippen LogP contribution in [-0.4, -0.2) is 27.5 Å². The van der Waals surface area contributed by atoms with Crippen molar-refractivity contribution in [2.45, 2.75) is 0 Å². The summed E-state index contributed by atoms with van der Waals surface area (Å²) in [4.78, 5) is 47.2.